The first-order valence-corrected chi connectivity index (χ1v) is 13.9. The van der Waals surface area contributed by atoms with Gasteiger partial charge in [0.15, 0.2) is 11.5 Å². The van der Waals surface area contributed by atoms with E-state index < -0.39 is 47.4 Å². The summed E-state index contributed by atoms with van der Waals surface area (Å²) in [7, 11) is 5.16. The van der Waals surface area contributed by atoms with E-state index in [4.69, 9.17) is 25.1 Å². The summed E-state index contributed by atoms with van der Waals surface area (Å²) in [5.41, 5.74) is 4.81. The van der Waals surface area contributed by atoms with E-state index in [9.17, 15) is 35.5 Å². The molecular formula is C30H31F7N4O5. The number of fused-ring (bicyclic) bond motifs is 2. The molecule has 0 unspecified atom stereocenters. The van der Waals surface area contributed by atoms with Crippen molar-refractivity contribution < 1.29 is 54.9 Å². The van der Waals surface area contributed by atoms with E-state index in [0.29, 0.717) is 30.8 Å². The van der Waals surface area contributed by atoms with Crippen LogP contribution in [0.3, 0.4) is 0 Å². The van der Waals surface area contributed by atoms with Crippen LogP contribution in [0.5, 0.6) is 11.5 Å². The normalized spacial score (nSPS) is 21.6. The third kappa shape index (κ3) is 6.62. The van der Waals surface area contributed by atoms with Crippen molar-refractivity contribution in [3.05, 3.63) is 59.5 Å². The zero-order chi connectivity index (χ0) is 34.2. The highest BCUT2D eigenvalue weighted by Gasteiger charge is 2.52. The van der Waals surface area contributed by atoms with Gasteiger partial charge < -0.3 is 25.2 Å². The number of amides is 2. The second-order valence-electron chi connectivity index (χ2n) is 11.1. The molecule has 1 saturated heterocycles. The second-order valence-corrected chi connectivity index (χ2v) is 11.1. The Bertz CT molecular complexity index is 1620. The molecule has 1 aliphatic carbocycles. The first kappa shape index (κ1) is 34.5. The topological polar surface area (TPSA) is 118 Å². The molecule has 3 N–H and O–H groups in total. The van der Waals surface area contributed by atoms with Crippen molar-refractivity contribution in [3.8, 4) is 11.5 Å². The maximum Gasteiger partial charge on any atom is 0.490 e. The van der Waals surface area contributed by atoms with Gasteiger partial charge in [0, 0.05) is 22.9 Å². The van der Waals surface area contributed by atoms with Gasteiger partial charge in [0.2, 0.25) is 0 Å². The van der Waals surface area contributed by atoms with Gasteiger partial charge >= 0.3 is 24.4 Å². The number of pyridine rings is 1. The number of alkyl halides is 6. The van der Waals surface area contributed by atoms with Crippen molar-refractivity contribution in [2.24, 2.45) is 5.73 Å². The van der Waals surface area contributed by atoms with E-state index in [-0.39, 0.29) is 22.5 Å². The number of primary amides is 1. The summed E-state index contributed by atoms with van der Waals surface area (Å²) in [5.74, 6) is -2.43. The number of likely N-dealkylation sites (tertiary alicyclic amines) is 1. The van der Waals surface area contributed by atoms with Crippen molar-refractivity contribution >= 4 is 28.6 Å². The van der Waals surface area contributed by atoms with Crippen LogP contribution in [0.2, 0.25) is 0 Å². The molecule has 1 aromatic heterocycles. The number of nitrogens with zero attached hydrogens (tertiary/aromatic N) is 3. The lowest BCUT2D eigenvalue weighted by atomic mass is 9.64. The number of para-hydroxylation sites is 1. The van der Waals surface area contributed by atoms with E-state index in [0.717, 1.165) is 30.7 Å². The Labute approximate surface area is 258 Å². The van der Waals surface area contributed by atoms with Crippen molar-refractivity contribution in [3.63, 3.8) is 0 Å². The number of halogens is 7. The van der Waals surface area contributed by atoms with Gasteiger partial charge in [-0.25, -0.2) is 19.0 Å². The van der Waals surface area contributed by atoms with Crippen molar-refractivity contribution in [1.29, 1.82) is 0 Å². The summed E-state index contributed by atoms with van der Waals surface area (Å²) < 4.78 is 98.6. The van der Waals surface area contributed by atoms with Gasteiger partial charge in [-0.3, -0.25) is 4.90 Å². The van der Waals surface area contributed by atoms with Crippen LogP contribution in [-0.2, 0) is 16.4 Å². The molecular weight excluding hydrogens is 629 g/mol. The Morgan fingerprint density at radius 2 is 1.70 bits per heavy atom. The molecule has 0 radical (unpaired) electrons. The number of ether oxygens (including phenoxy) is 2. The van der Waals surface area contributed by atoms with Crippen LogP contribution in [-0.4, -0.2) is 73.1 Å². The zero-order valence-corrected chi connectivity index (χ0v) is 24.9. The first-order valence-electron chi connectivity index (χ1n) is 13.9. The lowest BCUT2D eigenvalue weighted by Gasteiger charge is -2.47. The number of rotatable bonds is 5. The Morgan fingerprint density at radius 1 is 1.04 bits per heavy atom. The number of benzene rings is 2. The zero-order valence-electron chi connectivity index (χ0n) is 24.9. The van der Waals surface area contributed by atoms with E-state index in [1.54, 1.807) is 14.2 Å². The number of methoxy groups -OCH3 is 2. The number of nitrogens with two attached hydrogens (primary N) is 1. The number of aromatic nitrogens is 1. The van der Waals surface area contributed by atoms with Gasteiger partial charge in [-0.2, -0.15) is 26.3 Å². The molecule has 5 rings (SSSR count). The maximum atomic E-state index is 14.6. The lowest BCUT2D eigenvalue weighted by molar-refractivity contribution is -0.192. The highest BCUT2D eigenvalue weighted by Crippen LogP contribution is 2.51. The Hall–Kier alpha value is -4.34. The third-order valence-electron chi connectivity index (χ3n) is 8.62. The first-order chi connectivity index (χ1) is 21.4. The minimum absolute atomic E-state index is 0.0249. The third-order valence-corrected chi connectivity index (χ3v) is 8.62. The summed E-state index contributed by atoms with van der Waals surface area (Å²) >= 11 is 0. The molecule has 16 heteroatoms. The average Bonchev–Trinajstić information content (AvgIpc) is 3.33. The molecule has 2 aromatic carbocycles. The van der Waals surface area contributed by atoms with Gasteiger partial charge in [0.25, 0.3) is 0 Å². The largest absolute Gasteiger partial charge is 0.493 e. The smallest absolute Gasteiger partial charge is 0.490 e. The van der Waals surface area contributed by atoms with Gasteiger partial charge in [0.05, 0.1) is 19.9 Å². The molecule has 3 atom stereocenters. The maximum absolute atomic E-state index is 14.6. The molecule has 0 spiro atoms. The number of likely N-dealkylation sites (N-methyl/N-ethyl adjacent to an activating group) is 1. The Morgan fingerprint density at radius 3 is 2.26 bits per heavy atom. The van der Waals surface area contributed by atoms with Crippen LogP contribution in [0.1, 0.15) is 36.9 Å². The minimum atomic E-state index is -5.08. The van der Waals surface area contributed by atoms with E-state index in [2.05, 4.69) is 9.88 Å². The van der Waals surface area contributed by atoms with Crippen LogP contribution in [0.15, 0.2) is 42.5 Å². The quantitative estimate of drug-likeness (QED) is 0.317. The number of aliphatic carboxylic acids is 1. The van der Waals surface area contributed by atoms with Crippen LogP contribution in [0.4, 0.5) is 41.2 Å². The summed E-state index contributed by atoms with van der Waals surface area (Å²) in [4.78, 5) is 28.7. The number of carboxylic acid groups (broad SMARTS) is 1. The summed E-state index contributed by atoms with van der Waals surface area (Å²) in [5, 5.41) is 7.22. The molecule has 2 fully saturated rings. The average molecular weight is 661 g/mol. The van der Waals surface area contributed by atoms with Crippen LogP contribution >= 0.6 is 0 Å². The fraction of sp³-hybridized carbons (Fsp3) is 0.433. The van der Waals surface area contributed by atoms with Crippen molar-refractivity contribution in [1.82, 2.24) is 9.88 Å². The standard InChI is InChI=1S/C28H30F4N4O3.C2HF3O2/c1-35-12-11-27(16-7-8-21(38-2)22(13-16)39-3)10-9-17(14-24(27)35)36(26(33)37)20-15-23(28(30,31)32)34-25-18(20)5-4-6-19(25)29;3-2(4,5)1(6)7/h4-8,13,15,17,24H,9-12,14H2,1-3H3,(H2,33,37);(H,6,7)/t17-,24+,27+;/m1./s1. The predicted octanol–water partition coefficient (Wildman–Crippen LogP) is 6.12. The van der Waals surface area contributed by atoms with Gasteiger partial charge in [-0.1, -0.05) is 18.2 Å². The number of hydrogen-bond acceptors (Lipinski definition) is 6. The molecule has 2 amide bonds. The molecule has 1 aliphatic heterocycles. The van der Waals surface area contributed by atoms with Gasteiger partial charge in [0.1, 0.15) is 17.0 Å². The number of carbonyl (C=O) groups excluding carboxylic acids is 1. The van der Waals surface area contributed by atoms with Crippen LogP contribution in [0.25, 0.3) is 10.9 Å². The Kier molecular flexibility index (Phi) is 9.62. The molecule has 250 valence electrons. The fourth-order valence-electron chi connectivity index (χ4n) is 6.51. The number of urea groups is 1. The number of carboxylic acids is 1. The molecule has 9 nitrogen and oxygen atoms in total. The molecule has 1 saturated carbocycles. The van der Waals surface area contributed by atoms with E-state index in [1.165, 1.54) is 17.0 Å². The van der Waals surface area contributed by atoms with Gasteiger partial charge in [-0.05, 0) is 69.1 Å². The number of anilines is 1. The van der Waals surface area contributed by atoms with Gasteiger partial charge in [-0.15, -0.1) is 0 Å². The molecule has 2 heterocycles. The number of carbonyl (C=O) groups is 2. The van der Waals surface area contributed by atoms with E-state index >= 15 is 0 Å². The van der Waals surface area contributed by atoms with Crippen LogP contribution < -0.4 is 20.1 Å². The summed E-state index contributed by atoms with van der Waals surface area (Å²) in [6.07, 6.45) is -7.43. The molecule has 0 bridgehead atoms. The summed E-state index contributed by atoms with van der Waals surface area (Å²) in [6, 6.07) is 9.11. The number of hydrogen-bond donors (Lipinski definition) is 2. The molecule has 3 aromatic rings. The molecule has 46 heavy (non-hydrogen) atoms. The highest BCUT2D eigenvalue weighted by atomic mass is 19.4. The SMILES string of the molecule is COc1ccc([C@@]23CC[C@@H](N(C(N)=O)c4cc(C(F)(F)F)nc5c(F)cccc45)C[C@@H]2N(C)CC3)cc1OC.O=C(O)C(F)(F)F. The van der Waals surface area contributed by atoms with E-state index in [1.807, 2.05) is 25.2 Å². The predicted molar refractivity (Wildman–Crippen MR) is 152 cm³/mol. The van der Waals surface area contributed by atoms with Crippen LogP contribution in [0, 0.1) is 5.82 Å². The monoisotopic (exact) mass is 660 g/mol. The summed E-state index contributed by atoms with van der Waals surface area (Å²) in [6.45, 7) is 0.809. The van der Waals surface area contributed by atoms with Crippen molar-refractivity contribution in [2.45, 2.75) is 55.5 Å². The second kappa shape index (κ2) is 12.8. The highest BCUT2D eigenvalue weighted by molar-refractivity contribution is 6.02. The molecule has 2 aliphatic rings. The fourth-order valence-corrected chi connectivity index (χ4v) is 6.51. The minimum Gasteiger partial charge on any atom is -0.493 e. The van der Waals surface area contributed by atoms with Crippen molar-refractivity contribution in [2.75, 3.05) is 32.7 Å². The Balaban J connectivity index is 0.000000617. The lowest BCUT2D eigenvalue weighted by Crippen LogP contribution is -2.54.